The molecular weight excluding hydrogens is 308 g/mol. The number of β-lactam (4-membered cyclic amide) rings is 1. The highest BCUT2D eigenvalue weighted by Crippen LogP contribution is 2.36. The zero-order chi connectivity index (χ0) is 18.1. The molecule has 1 aliphatic rings. The number of hydrogen-bond donors (Lipinski definition) is 1. The molecule has 1 aliphatic heterocycles. The third kappa shape index (κ3) is 3.47. The second-order valence-electron chi connectivity index (χ2n) is 7.31. The molecule has 6 heteroatoms. The van der Waals surface area contributed by atoms with Crippen LogP contribution in [0.3, 0.4) is 0 Å². The number of nitrogens with one attached hydrogen (secondary N) is 1. The minimum absolute atomic E-state index is 0.0422. The van der Waals surface area contributed by atoms with E-state index >= 15 is 0 Å². The molecule has 0 bridgehead atoms. The maximum Gasteiger partial charge on any atom is 0.246 e. The van der Waals surface area contributed by atoms with Gasteiger partial charge in [0.1, 0.15) is 17.0 Å². The van der Waals surface area contributed by atoms with Crippen molar-refractivity contribution in [1.82, 2.24) is 10.2 Å². The van der Waals surface area contributed by atoms with Crippen LogP contribution in [0.15, 0.2) is 18.2 Å². The fourth-order valence-corrected chi connectivity index (χ4v) is 2.76. The summed E-state index contributed by atoms with van der Waals surface area (Å²) < 4.78 is 10.6. The first-order valence-electron chi connectivity index (χ1n) is 7.95. The van der Waals surface area contributed by atoms with Crippen LogP contribution in [0.2, 0.25) is 0 Å². The molecule has 0 radical (unpaired) electrons. The minimum Gasteiger partial charge on any atom is -0.497 e. The van der Waals surface area contributed by atoms with E-state index in [0.29, 0.717) is 18.0 Å². The van der Waals surface area contributed by atoms with Crippen molar-refractivity contribution in [3.8, 4) is 11.5 Å². The third-order valence-corrected chi connectivity index (χ3v) is 4.19. The number of likely N-dealkylation sites (tertiary alicyclic amines) is 1. The summed E-state index contributed by atoms with van der Waals surface area (Å²) in [7, 11) is 3.16. The normalized spacial score (nSPS) is 20.4. The average molecular weight is 334 g/mol. The fourth-order valence-electron chi connectivity index (χ4n) is 2.76. The zero-order valence-electron chi connectivity index (χ0n) is 15.2. The summed E-state index contributed by atoms with van der Waals surface area (Å²) in [6.45, 7) is 7.88. The van der Waals surface area contributed by atoms with E-state index in [-0.39, 0.29) is 23.8 Å². The Bertz CT molecular complexity index is 651. The molecule has 2 amide bonds. The van der Waals surface area contributed by atoms with Gasteiger partial charge in [0.2, 0.25) is 11.8 Å². The van der Waals surface area contributed by atoms with Crippen LogP contribution in [-0.4, -0.2) is 42.0 Å². The number of carbonyl (C=O) groups excluding carboxylic acids is 2. The molecule has 1 atom stereocenters. The summed E-state index contributed by atoms with van der Waals surface area (Å²) in [4.78, 5) is 26.3. The van der Waals surface area contributed by atoms with Crippen molar-refractivity contribution in [3.05, 3.63) is 23.8 Å². The van der Waals surface area contributed by atoms with Crippen molar-refractivity contribution in [1.29, 1.82) is 0 Å². The first kappa shape index (κ1) is 18.1. The Labute approximate surface area is 143 Å². The summed E-state index contributed by atoms with van der Waals surface area (Å²) in [5, 5.41) is 2.96. The van der Waals surface area contributed by atoms with Crippen LogP contribution >= 0.6 is 0 Å². The molecule has 1 aromatic rings. The van der Waals surface area contributed by atoms with Gasteiger partial charge in [0.25, 0.3) is 0 Å². The molecule has 0 aliphatic carbocycles. The van der Waals surface area contributed by atoms with Crippen molar-refractivity contribution in [2.75, 3.05) is 14.2 Å². The molecule has 0 saturated carbocycles. The van der Waals surface area contributed by atoms with E-state index in [1.165, 1.54) is 0 Å². The van der Waals surface area contributed by atoms with Crippen LogP contribution in [0.25, 0.3) is 0 Å². The van der Waals surface area contributed by atoms with Crippen molar-refractivity contribution < 1.29 is 19.1 Å². The van der Waals surface area contributed by atoms with Gasteiger partial charge in [-0.15, -0.1) is 0 Å². The lowest BCUT2D eigenvalue weighted by atomic mass is 9.83. The summed E-state index contributed by atoms with van der Waals surface area (Å²) in [6.07, 6.45) is 0.216. The monoisotopic (exact) mass is 334 g/mol. The molecule has 1 unspecified atom stereocenters. The summed E-state index contributed by atoms with van der Waals surface area (Å²) in [5.41, 5.74) is -0.349. The van der Waals surface area contributed by atoms with E-state index in [2.05, 4.69) is 5.32 Å². The smallest absolute Gasteiger partial charge is 0.246 e. The summed E-state index contributed by atoms with van der Waals surface area (Å²) in [6, 6.07) is 5.44. The lowest BCUT2D eigenvalue weighted by molar-refractivity contribution is -0.166. The lowest BCUT2D eigenvalue weighted by Gasteiger charge is -2.49. The van der Waals surface area contributed by atoms with Crippen molar-refractivity contribution >= 4 is 11.8 Å². The van der Waals surface area contributed by atoms with Crippen LogP contribution in [-0.2, 0) is 16.1 Å². The number of benzene rings is 1. The number of ether oxygens (including phenoxy) is 2. The molecule has 1 saturated heterocycles. The molecule has 0 spiro atoms. The average Bonchev–Trinajstić information content (AvgIpc) is 2.50. The van der Waals surface area contributed by atoms with E-state index in [4.69, 9.17) is 9.47 Å². The van der Waals surface area contributed by atoms with Crippen molar-refractivity contribution in [2.45, 2.75) is 51.7 Å². The first-order valence-corrected chi connectivity index (χ1v) is 7.95. The van der Waals surface area contributed by atoms with Crippen LogP contribution < -0.4 is 14.8 Å². The van der Waals surface area contributed by atoms with Crippen LogP contribution in [0.5, 0.6) is 11.5 Å². The second-order valence-corrected chi connectivity index (χ2v) is 7.31. The highest BCUT2D eigenvalue weighted by atomic mass is 16.5. The van der Waals surface area contributed by atoms with Gasteiger partial charge in [0.05, 0.1) is 27.2 Å². The van der Waals surface area contributed by atoms with Crippen LogP contribution in [0.4, 0.5) is 0 Å². The van der Waals surface area contributed by atoms with E-state index in [0.717, 1.165) is 5.56 Å². The predicted molar refractivity (Wildman–Crippen MR) is 91.0 cm³/mol. The zero-order valence-corrected chi connectivity index (χ0v) is 15.2. The van der Waals surface area contributed by atoms with Gasteiger partial charge in [-0.25, -0.2) is 0 Å². The number of amides is 2. The van der Waals surface area contributed by atoms with Gasteiger partial charge in [0, 0.05) is 17.2 Å². The van der Waals surface area contributed by atoms with Gasteiger partial charge < -0.3 is 19.7 Å². The van der Waals surface area contributed by atoms with Gasteiger partial charge in [-0.2, -0.15) is 0 Å². The topological polar surface area (TPSA) is 67.9 Å². The Morgan fingerprint density at radius 1 is 1.29 bits per heavy atom. The Morgan fingerprint density at radius 2 is 1.96 bits per heavy atom. The van der Waals surface area contributed by atoms with Crippen molar-refractivity contribution in [3.63, 3.8) is 0 Å². The van der Waals surface area contributed by atoms with E-state index < -0.39 is 5.54 Å². The Kier molecular flexibility index (Phi) is 4.78. The SMILES string of the molecule is COc1ccc(CN2C(=O)CC2(C)C(=O)NC(C)(C)C)c(OC)c1. The molecule has 2 rings (SSSR count). The predicted octanol–water partition coefficient (Wildman–Crippen LogP) is 2.11. The third-order valence-electron chi connectivity index (χ3n) is 4.19. The highest BCUT2D eigenvalue weighted by Gasteiger charge is 2.53. The van der Waals surface area contributed by atoms with Crippen molar-refractivity contribution in [2.24, 2.45) is 0 Å². The van der Waals surface area contributed by atoms with E-state index in [9.17, 15) is 9.59 Å². The summed E-state index contributed by atoms with van der Waals surface area (Å²) in [5.74, 6) is 1.13. The molecule has 6 nitrogen and oxygen atoms in total. The number of rotatable bonds is 5. The molecule has 132 valence electrons. The largest absolute Gasteiger partial charge is 0.497 e. The van der Waals surface area contributed by atoms with Gasteiger partial charge in [-0.05, 0) is 39.8 Å². The lowest BCUT2D eigenvalue weighted by Crippen LogP contribution is -2.69. The number of methoxy groups -OCH3 is 2. The molecule has 1 N–H and O–H groups in total. The van der Waals surface area contributed by atoms with Gasteiger partial charge in [-0.3, -0.25) is 9.59 Å². The first-order chi connectivity index (χ1) is 11.1. The standard InChI is InChI=1S/C18H26N2O4/c1-17(2,3)19-16(22)18(4)10-15(21)20(18)11-12-7-8-13(23-5)9-14(12)24-6/h7-9H,10-11H2,1-6H3,(H,19,22). The van der Waals surface area contributed by atoms with Gasteiger partial charge in [0.15, 0.2) is 0 Å². The summed E-state index contributed by atoms with van der Waals surface area (Å²) >= 11 is 0. The van der Waals surface area contributed by atoms with E-state index in [1.807, 2.05) is 32.9 Å². The Morgan fingerprint density at radius 3 is 2.46 bits per heavy atom. The molecular formula is C18H26N2O4. The van der Waals surface area contributed by atoms with Gasteiger partial charge in [-0.1, -0.05) is 0 Å². The second kappa shape index (κ2) is 6.34. The quantitative estimate of drug-likeness (QED) is 0.838. The van der Waals surface area contributed by atoms with Crippen LogP contribution in [0.1, 0.15) is 39.7 Å². The fraction of sp³-hybridized carbons (Fsp3) is 0.556. The maximum atomic E-state index is 12.6. The minimum atomic E-state index is -0.838. The number of nitrogens with zero attached hydrogens (tertiary/aromatic N) is 1. The van der Waals surface area contributed by atoms with E-state index in [1.54, 1.807) is 32.1 Å². The Balaban J connectivity index is 2.22. The molecule has 1 aromatic carbocycles. The maximum absolute atomic E-state index is 12.6. The molecule has 1 fully saturated rings. The molecule has 24 heavy (non-hydrogen) atoms. The molecule has 0 aromatic heterocycles. The number of carbonyl (C=O) groups is 2. The van der Waals surface area contributed by atoms with Crippen LogP contribution in [0, 0.1) is 0 Å². The Hall–Kier alpha value is -2.24. The van der Waals surface area contributed by atoms with Gasteiger partial charge >= 0.3 is 0 Å². The highest BCUT2D eigenvalue weighted by molar-refractivity contribution is 6.01. The number of hydrogen-bond acceptors (Lipinski definition) is 4. The molecule has 1 heterocycles.